The molecule has 0 unspecified atom stereocenters. The summed E-state index contributed by atoms with van der Waals surface area (Å²) in [5.74, 6) is -0.348. The van der Waals surface area contributed by atoms with Crippen LogP contribution in [0.4, 0.5) is 0 Å². The molecule has 3 heteroatoms. The number of hydrogen-bond acceptors (Lipinski definition) is 3. The van der Waals surface area contributed by atoms with E-state index < -0.39 is 12.2 Å². The summed E-state index contributed by atoms with van der Waals surface area (Å²) in [5.41, 5.74) is 0.454. The van der Waals surface area contributed by atoms with Crippen molar-refractivity contribution in [2.24, 2.45) is 0 Å². The molecule has 0 radical (unpaired) electrons. The van der Waals surface area contributed by atoms with Gasteiger partial charge in [0.25, 0.3) is 0 Å². The minimum absolute atomic E-state index is 0.348. The van der Waals surface area contributed by atoms with Crippen molar-refractivity contribution in [1.82, 2.24) is 0 Å². The van der Waals surface area contributed by atoms with Crippen molar-refractivity contribution in [1.29, 1.82) is 0 Å². The summed E-state index contributed by atoms with van der Waals surface area (Å²) >= 11 is 0. The molecular weight excluding hydrogens is 240 g/mol. The van der Waals surface area contributed by atoms with Gasteiger partial charge in [-0.3, -0.25) is 0 Å². The van der Waals surface area contributed by atoms with Crippen LogP contribution in [-0.4, -0.2) is 23.3 Å². The van der Waals surface area contributed by atoms with Crippen molar-refractivity contribution in [3.8, 4) is 0 Å². The number of hydrogen-bond donors (Lipinski definition) is 1. The zero-order valence-electron chi connectivity index (χ0n) is 12.4. The molecule has 1 heterocycles. The lowest BCUT2D eigenvalue weighted by Gasteiger charge is -2.04. The zero-order chi connectivity index (χ0) is 14.1. The van der Waals surface area contributed by atoms with E-state index in [2.05, 4.69) is 6.92 Å². The van der Waals surface area contributed by atoms with E-state index in [9.17, 15) is 9.90 Å². The fourth-order valence-corrected chi connectivity index (χ4v) is 2.41. The van der Waals surface area contributed by atoms with Gasteiger partial charge in [0.2, 0.25) is 0 Å². The van der Waals surface area contributed by atoms with Gasteiger partial charge in [-0.05, 0) is 19.8 Å². The van der Waals surface area contributed by atoms with Gasteiger partial charge >= 0.3 is 5.97 Å². The van der Waals surface area contributed by atoms with Crippen LogP contribution in [0.5, 0.6) is 0 Å². The third-order valence-electron chi connectivity index (χ3n) is 3.71. The molecule has 1 fully saturated rings. The van der Waals surface area contributed by atoms with Crippen LogP contribution in [0.2, 0.25) is 0 Å². The molecule has 0 aliphatic carbocycles. The second kappa shape index (κ2) is 9.13. The molecule has 2 atom stereocenters. The topological polar surface area (TPSA) is 46.5 Å². The van der Waals surface area contributed by atoms with E-state index in [0.29, 0.717) is 5.57 Å². The predicted octanol–water partition coefficient (Wildman–Crippen LogP) is 3.75. The Hall–Kier alpha value is -0.830. The van der Waals surface area contributed by atoms with Crippen LogP contribution in [0.3, 0.4) is 0 Å². The second-order valence-electron chi connectivity index (χ2n) is 5.48. The normalized spacial score (nSPS) is 25.0. The van der Waals surface area contributed by atoms with Crippen LogP contribution < -0.4 is 0 Å². The van der Waals surface area contributed by atoms with Crippen molar-refractivity contribution >= 4 is 5.97 Å². The van der Waals surface area contributed by atoms with Crippen molar-refractivity contribution < 1.29 is 14.6 Å². The average Bonchev–Trinajstić information content (AvgIpc) is 2.63. The first-order valence-corrected chi connectivity index (χ1v) is 7.76. The largest absolute Gasteiger partial charge is 0.456 e. The molecule has 110 valence electrons. The Morgan fingerprint density at radius 3 is 2.21 bits per heavy atom. The molecule has 0 spiro atoms. The molecule has 1 rings (SSSR count). The quantitative estimate of drug-likeness (QED) is 0.393. The lowest BCUT2D eigenvalue weighted by atomic mass is 10.0. The Morgan fingerprint density at radius 2 is 1.68 bits per heavy atom. The molecule has 0 aromatic heterocycles. The molecule has 0 aromatic carbocycles. The van der Waals surface area contributed by atoms with Gasteiger partial charge < -0.3 is 9.84 Å². The van der Waals surface area contributed by atoms with Gasteiger partial charge in [0, 0.05) is 0 Å². The van der Waals surface area contributed by atoms with E-state index >= 15 is 0 Å². The van der Waals surface area contributed by atoms with Gasteiger partial charge in [-0.2, -0.15) is 0 Å². The highest BCUT2D eigenvalue weighted by molar-refractivity contribution is 5.92. The summed E-state index contributed by atoms with van der Waals surface area (Å²) in [6.07, 6.45) is 11.8. The number of allylic oxidation sites excluding steroid dienone is 1. The maximum Gasteiger partial charge on any atom is 0.336 e. The molecule has 0 aromatic rings. The van der Waals surface area contributed by atoms with E-state index in [4.69, 9.17) is 4.74 Å². The van der Waals surface area contributed by atoms with Gasteiger partial charge in [0.1, 0.15) is 12.2 Å². The van der Waals surface area contributed by atoms with Crippen LogP contribution >= 0.6 is 0 Å². The lowest BCUT2D eigenvalue weighted by molar-refractivity contribution is -0.138. The summed E-state index contributed by atoms with van der Waals surface area (Å²) in [4.78, 5) is 11.4. The number of aliphatic hydroxyl groups is 1. The van der Waals surface area contributed by atoms with Crippen LogP contribution in [0.1, 0.15) is 71.6 Å². The van der Waals surface area contributed by atoms with E-state index in [-0.39, 0.29) is 5.97 Å². The summed E-state index contributed by atoms with van der Waals surface area (Å²) in [7, 11) is 0. The van der Waals surface area contributed by atoms with E-state index in [1.165, 1.54) is 44.9 Å². The second-order valence-corrected chi connectivity index (χ2v) is 5.48. The Balaban J connectivity index is 2.05. The first-order valence-electron chi connectivity index (χ1n) is 7.76. The Morgan fingerprint density at radius 1 is 1.11 bits per heavy atom. The molecular formula is C16H28O3. The molecule has 0 saturated carbocycles. The average molecular weight is 268 g/mol. The first kappa shape index (κ1) is 16.2. The maximum atomic E-state index is 11.4. The Kier molecular flexibility index (Phi) is 7.80. The van der Waals surface area contributed by atoms with E-state index in [1.807, 2.05) is 6.08 Å². The monoisotopic (exact) mass is 268 g/mol. The minimum atomic E-state index is -0.735. The number of aliphatic hydroxyl groups excluding tert-OH is 1. The van der Waals surface area contributed by atoms with Crippen LogP contribution in [0.15, 0.2) is 11.6 Å². The predicted molar refractivity (Wildman–Crippen MR) is 76.9 cm³/mol. The molecule has 0 bridgehead atoms. The molecule has 0 amide bonds. The lowest BCUT2D eigenvalue weighted by Crippen LogP contribution is -2.17. The van der Waals surface area contributed by atoms with Gasteiger partial charge in [0.05, 0.1) is 5.57 Å². The van der Waals surface area contributed by atoms with Gasteiger partial charge in [0.15, 0.2) is 0 Å². The molecule has 1 aliphatic rings. The molecule has 1 N–H and O–H groups in total. The number of ether oxygens (including phenoxy) is 1. The summed E-state index contributed by atoms with van der Waals surface area (Å²) < 4.78 is 4.96. The van der Waals surface area contributed by atoms with Crippen LogP contribution in [0, 0.1) is 0 Å². The van der Waals surface area contributed by atoms with Gasteiger partial charge in [-0.1, -0.05) is 57.9 Å². The number of cyclic esters (lactones) is 1. The number of esters is 1. The zero-order valence-corrected chi connectivity index (χ0v) is 12.4. The standard InChI is InChI=1S/C16H28O3/c1-3-4-5-6-7-8-9-10-11-12-14-15(17)13(2)19-16(14)18/h12-13,15,17H,3-11H2,1-2H3/b14-12-/t13-,15+/m0/s1. The number of carbonyl (C=O) groups excluding carboxylic acids is 1. The third kappa shape index (κ3) is 5.77. The van der Waals surface area contributed by atoms with Crippen molar-refractivity contribution in [2.45, 2.75) is 83.8 Å². The van der Waals surface area contributed by atoms with Crippen molar-refractivity contribution in [3.05, 3.63) is 11.6 Å². The summed E-state index contributed by atoms with van der Waals surface area (Å²) in [5, 5.41) is 9.74. The van der Waals surface area contributed by atoms with Gasteiger partial charge in [-0.25, -0.2) is 4.79 Å². The van der Waals surface area contributed by atoms with Crippen LogP contribution in [-0.2, 0) is 9.53 Å². The number of unbranched alkanes of at least 4 members (excludes halogenated alkanes) is 8. The van der Waals surface area contributed by atoms with Crippen molar-refractivity contribution in [2.75, 3.05) is 0 Å². The van der Waals surface area contributed by atoms with Gasteiger partial charge in [-0.15, -0.1) is 0 Å². The SMILES string of the molecule is CCCCCCCCCC/C=C1\C(=O)O[C@@H](C)[C@H]1O. The highest BCUT2D eigenvalue weighted by Crippen LogP contribution is 2.21. The fourth-order valence-electron chi connectivity index (χ4n) is 2.41. The molecule has 19 heavy (non-hydrogen) atoms. The van der Waals surface area contributed by atoms with E-state index in [1.54, 1.807) is 6.92 Å². The Labute approximate surface area is 117 Å². The molecule has 1 aliphatic heterocycles. The molecule has 3 nitrogen and oxygen atoms in total. The Bertz CT molecular complexity index is 296. The van der Waals surface area contributed by atoms with Crippen molar-refractivity contribution in [3.63, 3.8) is 0 Å². The van der Waals surface area contributed by atoms with Crippen LogP contribution in [0.25, 0.3) is 0 Å². The highest BCUT2D eigenvalue weighted by atomic mass is 16.6. The number of carbonyl (C=O) groups is 1. The molecule has 1 saturated heterocycles. The highest BCUT2D eigenvalue weighted by Gasteiger charge is 2.34. The smallest absolute Gasteiger partial charge is 0.336 e. The number of rotatable bonds is 9. The summed E-state index contributed by atoms with van der Waals surface area (Å²) in [6, 6.07) is 0. The fraction of sp³-hybridized carbons (Fsp3) is 0.812. The van der Waals surface area contributed by atoms with E-state index in [0.717, 1.165) is 12.8 Å². The first-order chi connectivity index (χ1) is 9.16. The third-order valence-corrected chi connectivity index (χ3v) is 3.71. The minimum Gasteiger partial charge on any atom is -0.456 e. The summed E-state index contributed by atoms with van der Waals surface area (Å²) in [6.45, 7) is 3.95. The maximum absolute atomic E-state index is 11.4.